The maximum atomic E-state index is 3.80. The lowest BCUT2D eigenvalue weighted by Gasteiger charge is -2.36. The van der Waals surface area contributed by atoms with Gasteiger partial charge in [-0.05, 0) is 76.4 Å². The van der Waals surface area contributed by atoms with E-state index < -0.39 is 0 Å². The number of rotatable bonds is 6. The van der Waals surface area contributed by atoms with Crippen LogP contribution in [0.2, 0.25) is 0 Å². The molecule has 0 radical (unpaired) electrons. The topological polar surface area (TPSA) is 15.3 Å². The molecule has 3 heteroatoms. The summed E-state index contributed by atoms with van der Waals surface area (Å²) >= 11 is 3.50. The number of benzene rings is 1. The molecule has 1 aliphatic heterocycles. The van der Waals surface area contributed by atoms with E-state index in [1.807, 2.05) is 0 Å². The van der Waals surface area contributed by atoms with Crippen LogP contribution in [0, 0.1) is 5.92 Å². The van der Waals surface area contributed by atoms with Crippen LogP contribution in [0.25, 0.3) is 0 Å². The summed E-state index contributed by atoms with van der Waals surface area (Å²) in [7, 11) is 0. The van der Waals surface area contributed by atoms with Crippen LogP contribution in [0.3, 0.4) is 0 Å². The Labute approximate surface area is 138 Å². The third-order valence-electron chi connectivity index (χ3n) is 4.76. The minimum absolute atomic E-state index is 0.418. The highest BCUT2D eigenvalue weighted by Crippen LogP contribution is 2.23. The van der Waals surface area contributed by atoms with Gasteiger partial charge in [-0.2, -0.15) is 0 Å². The molecule has 1 fully saturated rings. The third kappa shape index (κ3) is 5.08. The minimum atomic E-state index is 0.418. The first kappa shape index (κ1) is 17.0. The predicted molar refractivity (Wildman–Crippen MR) is 94.6 cm³/mol. The number of nitrogens with zero attached hydrogens (tertiary/aromatic N) is 1. The molecule has 2 nitrogen and oxygen atoms in total. The molecule has 2 rings (SSSR count). The van der Waals surface area contributed by atoms with Crippen LogP contribution in [0.4, 0.5) is 0 Å². The van der Waals surface area contributed by atoms with Crippen LogP contribution in [0.1, 0.15) is 51.6 Å². The first-order valence-corrected chi connectivity index (χ1v) is 9.13. The molecule has 0 bridgehead atoms. The summed E-state index contributed by atoms with van der Waals surface area (Å²) < 4.78 is 1.15. The van der Waals surface area contributed by atoms with Crippen molar-refractivity contribution in [3.63, 3.8) is 0 Å². The van der Waals surface area contributed by atoms with E-state index >= 15 is 0 Å². The Morgan fingerprint density at radius 2 is 1.81 bits per heavy atom. The Morgan fingerprint density at radius 1 is 1.19 bits per heavy atom. The van der Waals surface area contributed by atoms with E-state index in [0.717, 1.165) is 10.4 Å². The average Bonchev–Trinajstić information content (AvgIpc) is 2.49. The second-order valence-corrected chi connectivity index (χ2v) is 7.32. The standard InChI is InChI=1S/C18H29BrN2/c1-4-11-21-12-9-17(10-13-21)15(3)20-14(2)16-5-7-18(19)8-6-16/h5-8,14-15,17,20H,4,9-13H2,1-3H3. The van der Waals surface area contributed by atoms with Crippen molar-refractivity contribution in [3.05, 3.63) is 34.3 Å². The van der Waals surface area contributed by atoms with Crippen molar-refractivity contribution in [2.24, 2.45) is 5.92 Å². The van der Waals surface area contributed by atoms with Crippen molar-refractivity contribution in [1.29, 1.82) is 0 Å². The third-order valence-corrected chi connectivity index (χ3v) is 5.29. The molecule has 118 valence electrons. The van der Waals surface area contributed by atoms with Crippen LogP contribution in [0.15, 0.2) is 28.7 Å². The Morgan fingerprint density at radius 3 is 2.38 bits per heavy atom. The highest BCUT2D eigenvalue weighted by atomic mass is 79.9. The van der Waals surface area contributed by atoms with E-state index in [9.17, 15) is 0 Å². The van der Waals surface area contributed by atoms with E-state index in [1.165, 1.54) is 44.5 Å². The van der Waals surface area contributed by atoms with Gasteiger partial charge in [0.15, 0.2) is 0 Å². The van der Waals surface area contributed by atoms with Gasteiger partial charge in [-0.1, -0.05) is 35.0 Å². The Bertz CT molecular complexity index is 410. The minimum Gasteiger partial charge on any atom is -0.307 e. The van der Waals surface area contributed by atoms with Crippen molar-refractivity contribution in [2.45, 2.75) is 52.1 Å². The van der Waals surface area contributed by atoms with Gasteiger partial charge >= 0.3 is 0 Å². The molecule has 0 spiro atoms. The van der Waals surface area contributed by atoms with Crippen molar-refractivity contribution in [2.75, 3.05) is 19.6 Å². The van der Waals surface area contributed by atoms with Gasteiger partial charge in [0.1, 0.15) is 0 Å². The summed E-state index contributed by atoms with van der Waals surface area (Å²) in [6.45, 7) is 10.7. The maximum Gasteiger partial charge on any atom is 0.0294 e. The molecule has 1 aromatic carbocycles. The van der Waals surface area contributed by atoms with Gasteiger partial charge in [-0.25, -0.2) is 0 Å². The Balaban J connectivity index is 1.81. The molecule has 0 aliphatic carbocycles. The normalized spacial score (nSPS) is 20.4. The fraction of sp³-hybridized carbons (Fsp3) is 0.667. The molecule has 0 aromatic heterocycles. The van der Waals surface area contributed by atoms with E-state index in [2.05, 4.69) is 71.2 Å². The largest absolute Gasteiger partial charge is 0.307 e. The molecule has 1 N–H and O–H groups in total. The summed E-state index contributed by atoms with van der Waals surface area (Å²) in [5, 5.41) is 3.80. The molecule has 1 saturated heterocycles. The van der Waals surface area contributed by atoms with Crippen molar-refractivity contribution < 1.29 is 0 Å². The molecule has 2 atom stereocenters. The molecule has 1 aromatic rings. The van der Waals surface area contributed by atoms with Crippen LogP contribution in [-0.2, 0) is 0 Å². The summed E-state index contributed by atoms with van der Waals surface area (Å²) in [5.41, 5.74) is 1.37. The fourth-order valence-corrected chi connectivity index (χ4v) is 3.64. The maximum absolute atomic E-state index is 3.80. The number of halogens is 1. The van der Waals surface area contributed by atoms with Gasteiger partial charge in [-0.15, -0.1) is 0 Å². The van der Waals surface area contributed by atoms with Crippen LogP contribution >= 0.6 is 15.9 Å². The van der Waals surface area contributed by atoms with Gasteiger partial charge < -0.3 is 10.2 Å². The zero-order chi connectivity index (χ0) is 15.2. The van der Waals surface area contributed by atoms with Gasteiger partial charge in [0.2, 0.25) is 0 Å². The molecule has 0 saturated carbocycles. The number of nitrogens with one attached hydrogen (secondary N) is 1. The SMILES string of the molecule is CCCN1CCC(C(C)NC(C)c2ccc(Br)cc2)CC1. The summed E-state index contributed by atoms with van der Waals surface area (Å²) in [5.74, 6) is 0.816. The smallest absolute Gasteiger partial charge is 0.0294 e. The highest BCUT2D eigenvalue weighted by Gasteiger charge is 2.24. The first-order valence-electron chi connectivity index (χ1n) is 8.34. The predicted octanol–water partition coefficient (Wildman–Crippen LogP) is 4.61. The summed E-state index contributed by atoms with van der Waals surface area (Å²) in [4.78, 5) is 2.61. The van der Waals surface area contributed by atoms with Crippen molar-refractivity contribution >= 4 is 15.9 Å². The number of hydrogen-bond donors (Lipinski definition) is 1. The van der Waals surface area contributed by atoms with E-state index in [4.69, 9.17) is 0 Å². The highest BCUT2D eigenvalue weighted by molar-refractivity contribution is 9.10. The summed E-state index contributed by atoms with van der Waals surface area (Å²) in [6, 6.07) is 9.67. The molecule has 2 unspecified atom stereocenters. The van der Waals surface area contributed by atoms with Crippen LogP contribution in [0.5, 0.6) is 0 Å². The van der Waals surface area contributed by atoms with E-state index in [0.29, 0.717) is 12.1 Å². The van der Waals surface area contributed by atoms with Gasteiger partial charge in [0.05, 0.1) is 0 Å². The number of likely N-dealkylation sites (tertiary alicyclic amines) is 1. The lowest BCUT2D eigenvalue weighted by atomic mass is 9.89. The van der Waals surface area contributed by atoms with Crippen LogP contribution < -0.4 is 5.32 Å². The number of hydrogen-bond acceptors (Lipinski definition) is 2. The van der Waals surface area contributed by atoms with Gasteiger partial charge in [-0.3, -0.25) is 0 Å². The number of piperidine rings is 1. The zero-order valence-corrected chi connectivity index (χ0v) is 15.2. The molecule has 1 aliphatic rings. The summed E-state index contributed by atoms with van der Waals surface area (Å²) in [6.07, 6.45) is 3.95. The van der Waals surface area contributed by atoms with E-state index in [1.54, 1.807) is 0 Å². The van der Waals surface area contributed by atoms with Crippen molar-refractivity contribution in [1.82, 2.24) is 10.2 Å². The van der Waals surface area contributed by atoms with Crippen molar-refractivity contribution in [3.8, 4) is 0 Å². The Kier molecular flexibility index (Phi) is 6.72. The molecular formula is C18H29BrN2. The lowest BCUT2D eigenvalue weighted by molar-refractivity contribution is 0.159. The van der Waals surface area contributed by atoms with Crippen LogP contribution in [-0.4, -0.2) is 30.6 Å². The fourth-order valence-electron chi connectivity index (χ4n) is 3.37. The average molecular weight is 353 g/mol. The second kappa shape index (κ2) is 8.30. The molecule has 0 amide bonds. The zero-order valence-electron chi connectivity index (χ0n) is 13.6. The Hall–Kier alpha value is -0.380. The monoisotopic (exact) mass is 352 g/mol. The first-order chi connectivity index (χ1) is 10.1. The molecule has 21 heavy (non-hydrogen) atoms. The quantitative estimate of drug-likeness (QED) is 0.803. The second-order valence-electron chi connectivity index (χ2n) is 6.41. The van der Waals surface area contributed by atoms with E-state index in [-0.39, 0.29) is 0 Å². The lowest BCUT2D eigenvalue weighted by Crippen LogP contribution is -2.42. The molecule has 1 heterocycles. The van der Waals surface area contributed by atoms with Gasteiger partial charge in [0, 0.05) is 16.6 Å². The molecular weight excluding hydrogens is 324 g/mol. The van der Waals surface area contributed by atoms with Gasteiger partial charge in [0.25, 0.3) is 0 Å².